The Bertz CT molecular complexity index is 391. The molecule has 0 bridgehead atoms. The Morgan fingerprint density at radius 1 is 1.30 bits per heavy atom. The van der Waals surface area contributed by atoms with Gasteiger partial charge in [-0.05, 0) is 25.8 Å². The van der Waals surface area contributed by atoms with Gasteiger partial charge in [-0.15, -0.1) is 0 Å². The number of esters is 1. The van der Waals surface area contributed by atoms with Gasteiger partial charge in [0.25, 0.3) is 0 Å². The molecule has 1 unspecified atom stereocenters. The number of carbonyl (C=O) groups is 3. The van der Waals surface area contributed by atoms with Gasteiger partial charge in [0, 0.05) is 26.2 Å². The molecule has 1 aliphatic rings. The molecule has 0 radical (unpaired) electrons. The average Bonchev–Trinajstić information content (AvgIpc) is 2.61. The van der Waals surface area contributed by atoms with Gasteiger partial charge in [0.1, 0.15) is 6.61 Å². The molecule has 6 heteroatoms. The predicted molar refractivity (Wildman–Crippen MR) is 71.8 cm³/mol. The Labute approximate surface area is 118 Å². The summed E-state index contributed by atoms with van der Waals surface area (Å²) < 4.78 is 9.76. The van der Waals surface area contributed by atoms with Crippen LogP contribution in [0.3, 0.4) is 0 Å². The number of likely N-dealkylation sites (tertiary alicyclic amines) is 1. The zero-order valence-corrected chi connectivity index (χ0v) is 12.0. The zero-order valence-electron chi connectivity index (χ0n) is 12.0. The molecule has 1 saturated heterocycles. The number of carbonyl (C=O) groups excluding carboxylic acids is 3. The molecule has 0 saturated carbocycles. The minimum Gasteiger partial charge on any atom is -0.439 e. The topological polar surface area (TPSA) is 72.9 Å². The molecule has 0 aromatic carbocycles. The third kappa shape index (κ3) is 5.52. The van der Waals surface area contributed by atoms with Crippen LogP contribution in [0.4, 0.5) is 0 Å². The highest BCUT2D eigenvalue weighted by Gasteiger charge is 2.23. The second-order valence-electron chi connectivity index (χ2n) is 4.67. The molecular weight excluding hydrogens is 262 g/mol. The number of amides is 1. The summed E-state index contributed by atoms with van der Waals surface area (Å²) in [5.41, 5.74) is 0. The molecule has 1 rings (SSSR count). The van der Waals surface area contributed by atoms with Crippen LogP contribution in [0.5, 0.6) is 0 Å². The standard InChI is InChI=1S/C14H21NO5/c1-11(15-9-5-3-4-6-13(15)17)20-14(18)8-7-12(16)10-19-2/h7-8,11H,3-6,9-10H2,1-2H3/b8-7-. The molecule has 1 aliphatic heterocycles. The highest BCUT2D eigenvalue weighted by molar-refractivity contribution is 5.96. The lowest BCUT2D eigenvalue weighted by atomic mass is 10.2. The molecule has 0 N–H and O–H groups in total. The Morgan fingerprint density at radius 2 is 2.05 bits per heavy atom. The summed E-state index contributed by atoms with van der Waals surface area (Å²) in [6.07, 6.45) is 4.84. The summed E-state index contributed by atoms with van der Waals surface area (Å²) in [5.74, 6) is -0.954. The lowest BCUT2D eigenvalue weighted by molar-refractivity contribution is -0.158. The highest BCUT2D eigenvalue weighted by Crippen LogP contribution is 2.14. The minimum atomic E-state index is -0.640. The van der Waals surface area contributed by atoms with Gasteiger partial charge in [-0.25, -0.2) is 4.79 Å². The van der Waals surface area contributed by atoms with E-state index in [2.05, 4.69) is 4.74 Å². The molecule has 6 nitrogen and oxygen atoms in total. The first-order chi connectivity index (χ1) is 9.54. The largest absolute Gasteiger partial charge is 0.439 e. The molecule has 0 aromatic heterocycles. The molecule has 112 valence electrons. The molecular formula is C14H21NO5. The van der Waals surface area contributed by atoms with Gasteiger partial charge in [-0.1, -0.05) is 6.42 Å². The maximum absolute atomic E-state index is 11.8. The average molecular weight is 283 g/mol. The third-order valence-electron chi connectivity index (χ3n) is 3.03. The predicted octanol–water partition coefficient (Wildman–Crippen LogP) is 1.05. The van der Waals surface area contributed by atoms with Crippen LogP contribution in [-0.4, -0.2) is 49.0 Å². The second kappa shape index (κ2) is 8.47. The van der Waals surface area contributed by atoms with E-state index >= 15 is 0 Å². The summed E-state index contributed by atoms with van der Waals surface area (Å²) >= 11 is 0. The first-order valence-corrected chi connectivity index (χ1v) is 6.74. The van der Waals surface area contributed by atoms with Gasteiger partial charge in [-0.3, -0.25) is 9.59 Å². The lowest BCUT2D eigenvalue weighted by Crippen LogP contribution is -2.40. The number of ether oxygens (including phenoxy) is 2. The van der Waals surface area contributed by atoms with Crippen molar-refractivity contribution in [2.75, 3.05) is 20.3 Å². The van der Waals surface area contributed by atoms with E-state index in [-0.39, 0.29) is 18.3 Å². The van der Waals surface area contributed by atoms with Crippen LogP contribution in [-0.2, 0) is 23.9 Å². The Hall–Kier alpha value is -1.69. The van der Waals surface area contributed by atoms with E-state index in [9.17, 15) is 14.4 Å². The summed E-state index contributed by atoms with van der Waals surface area (Å²) in [6.45, 7) is 2.18. The van der Waals surface area contributed by atoms with E-state index in [0.717, 1.165) is 31.4 Å². The fourth-order valence-corrected chi connectivity index (χ4v) is 2.01. The van der Waals surface area contributed by atoms with Crippen LogP contribution < -0.4 is 0 Å². The van der Waals surface area contributed by atoms with Gasteiger partial charge in [0.2, 0.25) is 5.91 Å². The number of hydrogen-bond donors (Lipinski definition) is 0. The van der Waals surface area contributed by atoms with Crippen molar-refractivity contribution < 1.29 is 23.9 Å². The van der Waals surface area contributed by atoms with Gasteiger partial charge >= 0.3 is 5.97 Å². The molecule has 0 spiro atoms. The van der Waals surface area contributed by atoms with Crippen LogP contribution in [0.25, 0.3) is 0 Å². The van der Waals surface area contributed by atoms with E-state index in [1.165, 1.54) is 7.11 Å². The Balaban J connectivity index is 2.47. The van der Waals surface area contributed by atoms with Crippen molar-refractivity contribution in [2.45, 2.75) is 38.8 Å². The third-order valence-corrected chi connectivity index (χ3v) is 3.03. The van der Waals surface area contributed by atoms with Gasteiger partial charge in [0.05, 0.1) is 0 Å². The Kier molecular flexibility index (Phi) is 6.93. The van der Waals surface area contributed by atoms with Gasteiger partial charge < -0.3 is 14.4 Å². The van der Waals surface area contributed by atoms with Crippen LogP contribution in [0.15, 0.2) is 12.2 Å². The number of nitrogens with zero attached hydrogens (tertiary/aromatic N) is 1. The van der Waals surface area contributed by atoms with Crippen molar-refractivity contribution in [1.82, 2.24) is 4.90 Å². The maximum Gasteiger partial charge on any atom is 0.332 e. The summed E-state index contributed by atoms with van der Waals surface area (Å²) in [4.78, 5) is 36.1. The smallest absolute Gasteiger partial charge is 0.332 e. The van der Waals surface area contributed by atoms with Crippen molar-refractivity contribution in [3.05, 3.63) is 12.2 Å². The number of hydrogen-bond acceptors (Lipinski definition) is 5. The number of methoxy groups -OCH3 is 1. The normalized spacial score (nSPS) is 17.9. The fourth-order valence-electron chi connectivity index (χ4n) is 2.01. The molecule has 1 heterocycles. The molecule has 20 heavy (non-hydrogen) atoms. The van der Waals surface area contributed by atoms with Crippen molar-refractivity contribution in [3.8, 4) is 0 Å². The van der Waals surface area contributed by atoms with Crippen molar-refractivity contribution in [1.29, 1.82) is 0 Å². The first-order valence-electron chi connectivity index (χ1n) is 6.74. The van der Waals surface area contributed by atoms with E-state index in [1.54, 1.807) is 11.8 Å². The summed E-state index contributed by atoms with van der Waals surface area (Å²) in [6, 6.07) is 0. The molecule has 1 fully saturated rings. The summed E-state index contributed by atoms with van der Waals surface area (Å²) in [5, 5.41) is 0. The van der Waals surface area contributed by atoms with Gasteiger partial charge in [0.15, 0.2) is 12.0 Å². The summed E-state index contributed by atoms with van der Waals surface area (Å²) in [7, 11) is 1.40. The SMILES string of the molecule is COCC(=O)/C=C\C(=O)OC(C)N1CCCCCC1=O. The highest BCUT2D eigenvalue weighted by atomic mass is 16.6. The van der Waals surface area contributed by atoms with Crippen LogP contribution in [0.2, 0.25) is 0 Å². The van der Waals surface area contributed by atoms with E-state index in [0.29, 0.717) is 13.0 Å². The maximum atomic E-state index is 11.8. The fraction of sp³-hybridized carbons (Fsp3) is 0.643. The molecule has 0 aromatic rings. The number of rotatable bonds is 6. The molecule has 0 aliphatic carbocycles. The van der Waals surface area contributed by atoms with Crippen molar-refractivity contribution in [2.24, 2.45) is 0 Å². The lowest BCUT2D eigenvalue weighted by Gasteiger charge is -2.27. The van der Waals surface area contributed by atoms with Gasteiger partial charge in [-0.2, -0.15) is 0 Å². The van der Waals surface area contributed by atoms with Crippen molar-refractivity contribution >= 4 is 17.7 Å². The Morgan fingerprint density at radius 3 is 2.75 bits per heavy atom. The quantitative estimate of drug-likeness (QED) is 0.538. The van der Waals surface area contributed by atoms with E-state index in [1.807, 2.05) is 0 Å². The van der Waals surface area contributed by atoms with Crippen LogP contribution in [0.1, 0.15) is 32.6 Å². The monoisotopic (exact) mass is 283 g/mol. The zero-order chi connectivity index (χ0) is 15.0. The van der Waals surface area contributed by atoms with Crippen LogP contribution >= 0.6 is 0 Å². The first kappa shape index (κ1) is 16.4. The minimum absolute atomic E-state index is 0.00207. The molecule has 1 amide bonds. The number of ketones is 1. The molecule has 1 atom stereocenters. The van der Waals surface area contributed by atoms with Crippen molar-refractivity contribution in [3.63, 3.8) is 0 Å². The second-order valence-corrected chi connectivity index (χ2v) is 4.67. The van der Waals surface area contributed by atoms with Crippen LogP contribution in [0, 0.1) is 0 Å². The van der Waals surface area contributed by atoms with E-state index in [4.69, 9.17) is 4.74 Å². The van der Waals surface area contributed by atoms with E-state index < -0.39 is 12.2 Å².